The van der Waals surface area contributed by atoms with Gasteiger partial charge >= 0.3 is 11.9 Å². The molecule has 3 amide bonds. The van der Waals surface area contributed by atoms with Crippen molar-refractivity contribution in [2.75, 3.05) is 7.11 Å². The number of carbonyl (C=O) groups excluding carboxylic acids is 4. The minimum Gasteiger partial charge on any atom is -0.462 e. The molecule has 0 aromatic heterocycles. The topological polar surface area (TPSA) is 80.8 Å². The molecule has 0 bridgehead atoms. The summed E-state index contributed by atoms with van der Waals surface area (Å²) in [6.07, 6.45) is 0.631. The van der Waals surface area contributed by atoms with Crippen molar-refractivity contribution < 1.29 is 23.9 Å². The van der Waals surface area contributed by atoms with Gasteiger partial charge in [0, 0.05) is 12.8 Å². The number of hydrogen-bond donors (Lipinski definition) is 0. The van der Waals surface area contributed by atoms with Gasteiger partial charge in [0.2, 0.25) is 11.8 Å². The van der Waals surface area contributed by atoms with Crippen LogP contribution in [-0.4, -0.2) is 35.7 Å². The highest BCUT2D eigenvalue weighted by Gasteiger charge is 2.35. The molecule has 1 saturated heterocycles. The maximum absolute atomic E-state index is 11.2. The van der Waals surface area contributed by atoms with E-state index in [0.717, 1.165) is 7.11 Å². The zero-order valence-corrected chi connectivity index (χ0v) is 7.61. The Kier molecular flexibility index (Phi) is 2.95. The van der Waals surface area contributed by atoms with Crippen molar-refractivity contribution >= 4 is 23.7 Å². The number of methoxy groups -OCH3 is 1. The van der Waals surface area contributed by atoms with Crippen LogP contribution in [0, 0.1) is 0 Å². The summed E-state index contributed by atoms with van der Waals surface area (Å²) in [6, 6.07) is 0. The van der Waals surface area contributed by atoms with E-state index in [1.807, 2.05) is 0 Å². The molecule has 0 spiro atoms. The van der Waals surface area contributed by atoms with Crippen LogP contribution in [0.25, 0.3) is 0 Å². The smallest absolute Gasteiger partial charge is 0.397 e. The molecule has 0 N–H and O–H groups in total. The molecule has 1 aliphatic rings. The number of ether oxygens (including phenoxy) is 1. The molecule has 6 nitrogen and oxygen atoms in total. The number of imide groups is 3. The van der Waals surface area contributed by atoms with Crippen molar-refractivity contribution in [3.63, 3.8) is 0 Å². The highest BCUT2D eigenvalue weighted by atomic mass is 16.5. The lowest BCUT2D eigenvalue weighted by Crippen LogP contribution is -2.47. The Morgan fingerprint density at radius 3 is 2.14 bits per heavy atom. The van der Waals surface area contributed by atoms with E-state index in [1.165, 1.54) is 0 Å². The fraction of sp³-hybridized carbons (Fsp3) is 0.500. The standard InChI is InChI=1S/C8H9NO5/c1-14-8(13)7(12)9-5(10)3-2-4-6(9)11/h2-4H2,1H3. The van der Waals surface area contributed by atoms with Crippen molar-refractivity contribution in [2.24, 2.45) is 0 Å². The first kappa shape index (κ1) is 10.4. The SMILES string of the molecule is COC(=O)C(=O)N1C(=O)CCCC1=O. The summed E-state index contributed by atoms with van der Waals surface area (Å²) in [6.45, 7) is 0. The molecule has 0 aromatic rings. The zero-order valence-electron chi connectivity index (χ0n) is 7.61. The van der Waals surface area contributed by atoms with Crippen molar-refractivity contribution in [1.29, 1.82) is 0 Å². The summed E-state index contributed by atoms with van der Waals surface area (Å²) in [5.41, 5.74) is 0. The molecule has 1 rings (SSSR count). The fourth-order valence-electron chi connectivity index (χ4n) is 1.16. The number of esters is 1. The minimum absolute atomic E-state index is 0.106. The lowest BCUT2D eigenvalue weighted by Gasteiger charge is -2.21. The summed E-state index contributed by atoms with van der Waals surface area (Å²) in [4.78, 5) is 44.6. The summed E-state index contributed by atoms with van der Waals surface area (Å²) >= 11 is 0. The molecule has 14 heavy (non-hydrogen) atoms. The lowest BCUT2D eigenvalue weighted by molar-refractivity contribution is -0.167. The van der Waals surface area contributed by atoms with Gasteiger partial charge in [0.15, 0.2) is 0 Å². The van der Waals surface area contributed by atoms with Crippen LogP contribution in [0.1, 0.15) is 19.3 Å². The molecule has 1 heterocycles. The summed E-state index contributed by atoms with van der Waals surface area (Å²) < 4.78 is 4.13. The van der Waals surface area contributed by atoms with E-state index in [-0.39, 0.29) is 12.8 Å². The third-order valence-corrected chi connectivity index (χ3v) is 1.84. The Labute approximate surface area is 79.8 Å². The monoisotopic (exact) mass is 199 g/mol. The Morgan fingerprint density at radius 2 is 1.71 bits per heavy atom. The van der Waals surface area contributed by atoms with Crippen LogP contribution in [0.3, 0.4) is 0 Å². The van der Waals surface area contributed by atoms with E-state index in [4.69, 9.17) is 0 Å². The number of nitrogens with zero attached hydrogens (tertiary/aromatic N) is 1. The van der Waals surface area contributed by atoms with Crippen molar-refractivity contribution in [1.82, 2.24) is 4.90 Å². The molecule has 76 valence electrons. The van der Waals surface area contributed by atoms with Gasteiger partial charge in [-0.25, -0.2) is 9.69 Å². The number of likely N-dealkylation sites (tertiary alicyclic amines) is 1. The van der Waals surface area contributed by atoms with E-state index >= 15 is 0 Å². The van der Waals surface area contributed by atoms with Gasteiger partial charge in [-0.3, -0.25) is 14.4 Å². The van der Waals surface area contributed by atoms with Crippen LogP contribution in [0.5, 0.6) is 0 Å². The molecule has 6 heteroatoms. The maximum Gasteiger partial charge on any atom is 0.397 e. The second-order valence-corrected chi connectivity index (χ2v) is 2.77. The number of carbonyl (C=O) groups is 4. The Balaban J connectivity index is 2.83. The van der Waals surface area contributed by atoms with E-state index in [2.05, 4.69) is 4.74 Å². The predicted molar refractivity (Wildman–Crippen MR) is 42.7 cm³/mol. The molecule has 1 aliphatic heterocycles. The molecular weight excluding hydrogens is 190 g/mol. The maximum atomic E-state index is 11.2. The largest absolute Gasteiger partial charge is 0.462 e. The van der Waals surface area contributed by atoms with Crippen LogP contribution < -0.4 is 0 Å². The van der Waals surface area contributed by atoms with E-state index in [0.29, 0.717) is 11.3 Å². The quantitative estimate of drug-likeness (QED) is 0.290. The summed E-state index contributed by atoms with van der Waals surface area (Å²) in [5.74, 6) is -3.69. The Hall–Kier alpha value is -1.72. The first-order valence-corrected chi connectivity index (χ1v) is 4.06. The lowest BCUT2D eigenvalue weighted by atomic mass is 10.1. The zero-order chi connectivity index (χ0) is 10.7. The third kappa shape index (κ3) is 1.78. The first-order valence-electron chi connectivity index (χ1n) is 4.06. The Bertz CT molecular complexity index is 293. The van der Waals surface area contributed by atoms with Gasteiger partial charge in [0.1, 0.15) is 0 Å². The second kappa shape index (κ2) is 3.99. The van der Waals surface area contributed by atoms with Crippen LogP contribution in [-0.2, 0) is 23.9 Å². The number of piperidine rings is 1. The fourth-order valence-corrected chi connectivity index (χ4v) is 1.16. The molecule has 0 saturated carbocycles. The van der Waals surface area contributed by atoms with Gasteiger partial charge in [-0.05, 0) is 6.42 Å². The van der Waals surface area contributed by atoms with Gasteiger partial charge in [-0.15, -0.1) is 0 Å². The molecule has 0 aromatic carbocycles. The molecule has 1 fully saturated rings. The number of hydrogen-bond acceptors (Lipinski definition) is 5. The predicted octanol–water partition coefficient (Wildman–Crippen LogP) is -0.775. The van der Waals surface area contributed by atoms with E-state index in [9.17, 15) is 19.2 Å². The second-order valence-electron chi connectivity index (χ2n) is 2.77. The van der Waals surface area contributed by atoms with Gasteiger partial charge < -0.3 is 4.74 Å². The van der Waals surface area contributed by atoms with E-state index < -0.39 is 23.7 Å². The van der Waals surface area contributed by atoms with Crippen LogP contribution in [0.15, 0.2) is 0 Å². The van der Waals surface area contributed by atoms with Crippen molar-refractivity contribution in [2.45, 2.75) is 19.3 Å². The van der Waals surface area contributed by atoms with Crippen LogP contribution >= 0.6 is 0 Å². The van der Waals surface area contributed by atoms with E-state index in [1.54, 1.807) is 0 Å². The average molecular weight is 199 g/mol. The molecule has 0 unspecified atom stereocenters. The highest BCUT2D eigenvalue weighted by Crippen LogP contribution is 2.12. The summed E-state index contributed by atoms with van der Waals surface area (Å²) in [7, 11) is 1.01. The Morgan fingerprint density at radius 1 is 1.21 bits per heavy atom. The highest BCUT2D eigenvalue weighted by molar-refractivity contribution is 6.39. The normalized spacial score (nSPS) is 16.8. The summed E-state index contributed by atoms with van der Waals surface area (Å²) in [5, 5.41) is 0. The van der Waals surface area contributed by atoms with Crippen LogP contribution in [0.4, 0.5) is 0 Å². The average Bonchev–Trinajstić information content (AvgIpc) is 2.16. The van der Waals surface area contributed by atoms with Gasteiger partial charge in [0.05, 0.1) is 7.11 Å². The number of amides is 3. The van der Waals surface area contributed by atoms with Gasteiger partial charge in [0.25, 0.3) is 0 Å². The third-order valence-electron chi connectivity index (χ3n) is 1.84. The molecule has 0 atom stereocenters. The van der Waals surface area contributed by atoms with Crippen molar-refractivity contribution in [3.05, 3.63) is 0 Å². The first-order chi connectivity index (χ1) is 6.57. The minimum atomic E-state index is -1.21. The van der Waals surface area contributed by atoms with Gasteiger partial charge in [-0.2, -0.15) is 0 Å². The van der Waals surface area contributed by atoms with Gasteiger partial charge in [-0.1, -0.05) is 0 Å². The molecule has 0 aliphatic carbocycles. The van der Waals surface area contributed by atoms with Crippen molar-refractivity contribution in [3.8, 4) is 0 Å². The molecular formula is C8H9NO5. The van der Waals surface area contributed by atoms with Crippen LogP contribution in [0.2, 0.25) is 0 Å². The molecule has 0 radical (unpaired) electrons. The number of rotatable bonds is 0.